The van der Waals surface area contributed by atoms with Gasteiger partial charge in [-0.25, -0.2) is 8.42 Å². The summed E-state index contributed by atoms with van der Waals surface area (Å²) in [7, 11) is -4.23. The first-order chi connectivity index (χ1) is 11.2. The molecule has 0 amide bonds. The Labute approximate surface area is 151 Å². The maximum atomic E-state index is 13.1. The number of hydrogen-bond donors (Lipinski definition) is 1. The molecule has 0 saturated carbocycles. The van der Waals surface area contributed by atoms with Crippen LogP contribution in [-0.4, -0.2) is 24.2 Å². The van der Waals surface area contributed by atoms with Crippen molar-refractivity contribution in [2.45, 2.75) is 29.4 Å². The van der Waals surface area contributed by atoms with Crippen molar-refractivity contribution in [2.75, 3.05) is 0 Å². The summed E-state index contributed by atoms with van der Waals surface area (Å²) in [6.45, 7) is 1.53. The molecule has 0 aliphatic carbocycles. The average molecular weight is 387 g/mol. The minimum atomic E-state index is -4.23. The number of rotatable bonds is 6. The summed E-state index contributed by atoms with van der Waals surface area (Å²) in [5.74, 6) is -1.41. The molecule has 4 nitrogen and oxygen atoms in total. The molecular formula is C17H16Cl2O4S. The zero-order valence-electron chi connectivity index (χ0n) is 12.9. The first-order valence-electron chi connectivity index (χ1n) is 7.21. The van der Waals surface area contributed by atoms with Gasteiger partial charge in [0.15, 0.2) is 14.6 Å². The van der Waals surface area contributed by atoms with Gasteiger partial charge in [0, 0.05) is 11.4 Å². The molecule has 7 heteroatoms. The van der Waals surface area contributed by atoms with Crippen LogP contribution < -0.4 is 0 Å². The lowest BCUT2D eigenvalue weighted by molar-refractivity contribution is -0.140. The number of carboxylic acids is 1. The molecule has 0 radical (unpaired) electrons. The fourth-order valence-electron chi connectivity index (χ4n) is 2.60. The number of hydrogen-bond acceptors (Lipinski definition) is 3. The third-order valence-electron chi connectivity index (χ3n) is 3.98. The summed E-state index contributed by atoms with van der Waals surface area (Å²) < 4.78 is 24.3. The van der Waals surface area contributed by atoms with Crippen LogP contribution in [0.2, 0.25) is 10.0 Å². The Morgan fingerprint density at radius 3 is 2.33 bits per heavy atom. The Kier molecular flexibility index (Phi) is 5.58. The molecule has 0 fully saturated rings. The lowest BCUT2D eigenvalue weighted by Crippen LogP contribution is -2.48. The number of carboxylic acid groups (broad SMARTS) is 1. The molecule has 128 valence electrons. The van der Waals surface area contributed by atoms with Crippen molar-refractivity contribution in [3.63, 3.8) is 0 Å². The third kappa shape index (κ3) is 3.29. The van der Waals surface area contributed by atoms with E-state index in [2.05, 4.69) is 0 Å². The maximum absolute atomic E-state index is 13.1. The Balaban J connectivity index is 2.64. The Morgan fingerprint density at radius 1 is 1.12 bits per heavy atom. The smallest absolute Gasteiger partial charge is 0.325 e. The second-order valence-corrected chi connectivity index (χ2v) is 8.47. The van der Waals surface area contributed by atoms with Crippen LogP contribution in [0.1, 0.15) is 18.9 Å². The molecule has 0 saturated heterocycles. The second kappa shape index (κ2) is 7.13. The fraction of sp³-hybridized carbons (Fsp3) is 0.235. The van der Waals surface area contributed by atoms with Gasteiger partial charge in [-0.05, 0) is 36.2 Å². The minimum Gasteiger partial charge on any atom is -0.480 e. The Morgan fingerprint density at radius 2 is 1.79 bits per heavy atom. The summed E-state index contributed by atoms with van der Waals surface area (Å²) in [6, 6.07) is 12.4. The molecule has 2 aromatic carbocycles. The molecule has 0 spiro atoms. The van der Waals surface area contributed by atoms with Gasteiger partial charge in [-0.15, -0.1) is 0 Å². The molecule has 2 aromatic rings. The summed E-state index contributed by atoms with van der Waals surface area (Å²) in [5, 5.41) is 10.2. The molecular weight excluding hydrogens is 371 g/mol. The lowest BCUT2D eigenvalue weighted by Gasteiger charge is -2.28. The van der Waals surface area contributed by atoms with Crippen LogP contribution in [0.25, 0.3) is 0 Å². The van der Waals surface area contributed by atoms with E-state index in [4.69, 9.17) is 23.2 Å². The first kappa shape index (κ1) is 18.8. The van der Waals surface area contributed by atoms with Crippen LogP contribution in [0, 0.1) is 0 Å². The zero-order valence-corrected chi connectivity index (χ0v) is 15.2. The lowest BCUT2D eigenvalue weighted by atomic mass is 9.96. The fourth-order valence-corrected chi connectivity index (χ4v) is 5.23. The van der Waals surface area contributed by atoms with Gasteiger partial charge in [-0.1, -0.05) is 54.4 Å². The third-order valence-corrected chi connectivity index (χ3v) is 7.23. The van der Waals surface area contributed by atoms with Gasteiger partial charge in [0.1, 0.15) is 0 Å². The van der Waals surface area contributed by atoms with Crippen molar-refractivity contribution in [2.24, 2.45) is 0 Å². The van der Waals surface area contributed by atoms with Crippen LogP contribution >= 0.6 is 23.2 Å². The van der Waals surface area contributed by atoms with E-state index in [1.54, 1.807) is 30.3 Å². The molecule has 0 bridgehead atoms. The molecule has 2 rings (SSSR count). The van der Waals surface area contributed by atoms with E-state index in [9.17, 15) is 18.3 Å². The average Bonchev–Trinajstić information content (AvgIpc) is 2.52. The number of benzene rings is 2. The molecule has 1 unspecified atom stereocenters. The van der Waals surface area contributed by atoms with E-state index >= 15 is 0 Å². The van der Waals surface area contributed by atoms with Crippen LogP contribution in [0.3, 0.4) is 0 Å². The Bertz CT molecular complexity index is 864. The van der Waals surface area contributed by atoms with Crippen molar-refractivity contribution in [1.82, 2.24) is 0 Å². The van der Waals surface area contributed by atoms with E-state index in [0.29, 0.717) is 10.6 Å². The molecule has 24 heavy (non-hydrogen) atoms. The van der Waals surface area contributed by atoms with Crippen LogP contribution in [0.15, 0.2) is 53.4 Å². The Hall–Kier alpha value is -1.56. The van der Waals surface area contributed by atoms with E-state index in [0.717, 1.165) is 0 Å². The predicted molar refractivity (Wildman–Crippen MR) is 94.5 cm³/mol. The highest BCUT2D eigenvalue weighted by atomic mass is 35.5. The monoisotopic (exact) mass is 386 g/mol. The molecule has 1 N–H and O–H groups in total. The summed E-state index contributed by atoms with van der Waals surface area (Å²) >= 11 is 11.9. The van der Waals surface area contributed by atoms with Crippen molar-refractivity contribution in [1.29, 1.82) is 0 Å². The zero-order chi connectivity index (χ0) is 18.0. The normalized spacial score (nSPS) is 14.1. The highest BCUT2D eigenvalue weighted by Gasteiger charge is 2.51. The van der Waals surface area contributed by atoms with Gasteiger partial charge in [0.2, 0.25) is 0 Å². The van der Waals surface area contributed by atoms with Crippen molar-refractivity contribution in [3.8, 4) is 0 Å². The summed E-state index contributed by atoms with van der Waals surface area (Å²) in [4.78, 5) is 11.8. The molecule has 0 aliphatic rings. The number of aliphatic carboxylic acids is 1. The van der Waals surface area contributed by atoms with Gasteiger partial charge in [0.25, 0.3) is 0 Å². The van der Waals surface area contributed by atoms with E-state index in [1.165, 1.54) is 25.1 Å². The van der Waals surface area contributed by atoms with Crippen molar-refractivity contribution in [3.05, 3.63) is 64.1 Å². The summed E-state index contributed by atoms with van der Waals surface area (Å²) in [6.07, 6.45) is -0.310. The largest absolute Gasteiger partial charge is 0.480 e. The van der Waals surface area contributed by atoms with Gasteiger partial charge < -0.3 is 5.11 Å². The van der Waals surface area contributed by atoms with Crippen molar-refractivity contribution < 1.29 is 18.3 Å². The molecule has 1 atom stereocenters. The van der Waals surface area contributed by atoms with Gasteiger partial charge in [-0.2, -0.15) is 0 Å². The summed E-state index contributed by atoms with van der Waals surface area (Å²) in [5.41, 5.74) is 0.530. The van der Waals surface area contributed by atoms with Crippen LogP contribution in [-0.2, 0) is 21.1 Å². The highest BCUT2D eigenvalue weighted by Crippen LogP contribution is 2.36. The SMILES string of the molecule is CCC(Cc1cccc(Cl)c1)(C(=O)O)S(=O)(=O)c1ccccc1Cl. The van der Waals surface area contributed by atoms with Gasteiger partial charge in [-0.3, -0.25) is 4.79 Å². The standard InChI is InChI=1S/C17H16Cl2O4S/c1-2-17(16(20)21,11-12-6-5-7-13(18)10-12)24(22,23)15-9-4-3-8-14(15)19/h3-10H,2,11H2,1H3,(H,20,21). The van der Waals surface area contributed by atoms with E-state index < -0.39 is 20.6 Å². The van der Waals surface area contributed by atoms with E-state index in [-0.39, 0.29) is 22.8 Å². The minimum absolute atomic E-state index is 0.00247. The number of halogens is 2. The van der Waals surface area contributed by atoms with Crippen LogP contribution in [0.4, 0.5) is 0 Å². The van der Waals surface area contributed by atoms with Gasteiger partial charge >= 0.3 is 5.97 Å². The maximum Gasteiger partial charge on any atom is 0.325 e. The quantitative estimate of drug-likeness (QED) is 0.805. The predicted octanol–water partition coefficient (Wildman–Crippen LogP) is 4.24. The topological polar surface area (TPSA) is 71.4 Å². The highest BCUT2D eigenvalue weighted by molar-refractivity contribution is 7.93. The number of sulfone groups is 1. The van der Waals surface area contributed by atoms with Gasteiger partial charge in [0.05, 0.1) is 9.92 Å². The molecule has 0 heterocycles. The number of carbonyl (C=O) groups is 1. The molecule has 0 aliphatic heterocycles. The molecule has 0 aromatic heterocycles. The van der Waals surface area contributed by atoms with E-state index in [1.807, 2.05) is 0 Å². The second-order valence-electron chi connectivity index (χ2n) is 5.39. The first-order valence-corrected chi connectivity index (χ1v) is 9.45. The van der Waals surface area contributed by atoms with Crippen molar-refractivity contribution >= 4 is 39.0 Å². The van der Waals surface area contributed by atoms with Crippen LogP contribution in [0.5, 0.6) is 0 Å².